The van der Waals surface area contributed by atoms with Gasteiger partial charge in [0.1, 0.15) is 17.4 Å². The van der Waals surface area contributed by atoms with Gasteiger partial charge in [-0.25, -0.2) is 8.78 Å². The van der Waals surface area contributed by atoms with Gasteiger partial charge in [-0.15, -0.1) is 0 Å². The van der Waals surface area contributed by atoms with E-state index < -0.39 is 11.6 Å². The highest BCUT2D eigenvalue weighted by Crippen LogP contribution is 2.09. The Morgan fingerprint density at radius 2 is 1.94 bits per heavy atom. The Labute approximate surface area is 104 Å². The molecular formula is C13H15F2NO2. The third kappa shape index (κ3) is 5.03. The average Bonchev–Trinajstić information content (AvgIpc) is 2.29. The van der Waals surface area contributed by atoms with E-state index in [0.29, 0.717) is 5.56 Å². The molecule has 0 saturated heterocycles. The molecule has 98 valence electrons. The molecule has 0 saturated carbocycles. The van der Waals surface area contributed by atoms with Crippen molar-refractivity contribution in [3.05, 3.63) is 35.4 Å². The van der Waals surface area contributed by atoms with Crippen LogP contribution in [-0.4, -0.2) is 18.2 Å². The molecule has 0 aromatic heterocycles. The van der Waals surface area contributed by atoms with Crippen molar-refractivity contribution < 1.29 is 18.4 Å². The van der Waals surface area contributed by atoms with Gasteiger partial charge >= 0.3 is 0 Å². The van der Waals surface area contributed by atoms with Crippen LogP contribution in [0.25, 0.3) is 0 Å². The second-order valence-corrected chi connectivity index (χ2v) is 4.04. The maximum atomic E-state index is 13.2. The monoisotopic (exact) mass is 255 g/mol. The molecular weight excluding hydrogens is 240 g/mol. The van der Waals surface area contributed by atoms with E-state index >= 15 is 0 Å². The number of nitrogens with one attached hydrogen (secondary N) is 1. The largest absolute Gasteiger partial charge is 0.356 e. The van der Waals surface area contributed by atoms with Crippen LogP contribution < -0.4 is 5.32 Å². The lowest BCUT2D eigenvalue weighted by Gasteiger charge is -2.05. The Balaban J connectivity index is 2.33. The van der Waals surface area contributed by atoms with Crippen molar-refractivity contribution in [3.63, 3.8) is 0 Å². The quantitative estimate of drug-likeness (QED) is 0.845. The Hall–Kier alpha value is -1.78. The van der Waals surface area contributed by atoms with Crippen LogP contribution >= 0.6 is 0 Å². The zero-order valence-electron chi connectivity index (χ0n) is 10.1. The smallest absolute Gasteiger partial charge is 0.220 e. The Kier molecular flexibility index (Phi) is 5.42. The number of carbonyl (C=O) groups excluding carboxylic acids is 2. The van der Waals surface area contributed by atoms with E-state index in [2.05, 4.69) is 5.32 Å². The molecule has 0 bridgehead atoms. The van der Waals surface area contributed by atoms with E-state index in [-0.39, 0.29) is 37.5 Å². The van der Waals surface area contributed by atoms with E-state index in [1.54, 1.807) is 0 Å². The second-order valence-electron chi connectivity index (χ2n) is 4.04. The lowest BCUT2D eigenvalue weighted by atomic mass is 10.1. The summed E-state index contributed by atoms with van der Waals surface area (Å²) >= 11 is 0. The summed E-state index contributed by atoms with van der Waals surface area (Å²) in [6.07, 6.45) is 0.635. The van der Waals surface area contributed by atoms with Crippen LogP contribution in [0.15, 0.2) is 18.2 Å². The molecule has 0 heterocycles. The molecule has 1 N–H and O–H groups in total. The zero-order chi connectivity index (χ0) is 13.5. The minimum Gasteiger partial charge on any atom is -0.356 e. The maximum Gasteiger partial charge on any atom is 0.220 e. The number of halogens is 2. The van der Waals surface area contributed by atoms with Gasteiger partial charge in [-0.2, -0.15) is 0 Å². The van der Waals surface area contributed by atoms with Crippen LogP contribution in [-0.2, 0) is 16.0 Å². The number of hydrogen-bond donors (Lipinski definition) is 1. The normalized spacial score (nSPS) is 10.2. The summed E-state index contributed by atoms with van der Waals surface area (Å²) in [5.41, 5.74) is 0.350. The molecule has 0 radical (unpaired) electrons. The van der Waals surface area contributed by atoms with Crippen LogP contribution in [0, 0.1) is 11.6 Å². The van der Waals surface area contributed by atoms with Gasteiger partial charge in [-0.05, 0) is 25.0 Å². The molecule has 0 fully saturated rings. The number of rotatable bonds is 6. The molecule has 0 spiro atoms. The molecule has 0 unspecified atom stereocenters. The molecule has 1 aromatic rings. The third-order valence-corrected chi connectivity index (χ3v) is 2.44. The SMILES string of the molecule is CC(=O)CCC(=O)NCCc1ccc(F)cc1F. The van der Waals surface area contributed by atoms with E-state index in [0.717, 1.165) is 6.07 Å². The van der Waals surface area contributed by atoms with E-state index in [1.165, 1.54) is 19.1 Å². The maximum absolute atomic E-state index is 13.2. The summed E-state index contributed by atoms with van der Waals surface area (Å²) in [6.45, 7) is 1.68. The summed E-state index contributed by atoms with van der Waals surface area (Å²) < 4.78 is 25.9. The van der Waals surface area contributed by atoms with Crippen LogP contribution in [0.2, 0.25) is 0 Å². The molecule has 3 nitrogen and oxygen atoms in total. The van der Waals surface area contributed by atoms with Crippen LogP contribution in [0.1, 0.15) is 25.3 Å². The average molecular weight is 255 g/mol. The number of ketones is 1. The third-order valence-electron chi connectivity index (χ3n) is 2.44. The molecule has 0 aliphatic rings. The number of carbonyl (C=O) groups is 2. The Morgan fingerprint density at radius 3 is 2.56 bits per heavy atom. The van der Waals surface area contributed by atoms with Gasteiger partial charge in [-0.3, -0.25) is 4.79 Å². The molecule has 18 heavy (non-hydrogen) atoms. The molecule has 1 aromatic carbocycles. The van der Waals surface area contributed by atoms with Gasteiger partial charge in [-0.1, -0.05) is 6.07 Å². The van der Waals surface area contributed by atoms with E-state index in [1.807, 2.05) is 0 Å². The Morgan fingerprint density at radius 1 is 1.22 bits per heavy atom. The number of hydrogen-bond acceptors (Lipinski definition) is 2. The van der Waals surface area contributed by atoms with Gasteiger partial charge in [0.05, 0.1) is 0 Å². The van der Waals surface area contributed by atoms with Gasteiger partial charge in [0, 0.05) is 25.5 Å². The number of amides is 1. The zero-order valence-corrected chi connectivity index (χ0v) is 10.1. The topological polar surface area (TPSA) is 46.2 Å². The van der Waals surface area contributed by atoms with Crippen molar-refractivity contribution in [2.75, 3.05) is 6.54 Å². The molecule has 0 aliphatic heterocycles. The molecule has 1 rings (SSSR count). The van der Waals surface area contributed by atoms with Crippen molar-refractivity contribution in [2.24, 2.45) is 0 Å². The Bertz CT molecular complexity index is 447. The predicted octanol–water partition coefficient (Wildman–Crippen LogP) is 1.99. The molecule has 5 heteroatoms. The summed E-state index contributed by atoms with van der Waals surface area (Å²) in [7, 11) is 0. The van der Waals surface area contributed by atoms with Gasteiger partial charge in [0.15, 0.2) is 0 Å². The summed E-state index contributed by atoms with van der Waals surface area (Å²) in [6, 6.07) is 3.34. The number of benzene rings is 1. The van der Waals surface area contributed by atoms with E-state index in [9.17, 15) is 18.4 Å². The highest BCUT2D eigenvalue weighted by molar-refractivity contribution is 5.83. The van der Waals surface area contributed by atoms with E-state index in [4.69, 9.17) is 0 Å². The minimum atomic E-state index is -0.623. The summed E-state index contributed by atoms with van der Waals surface area (Å²) in [4.78, 5) is 21.9. The fraction of sp³-hybridized carbons (Fsp3) is 0.385. The number of Topliss-reactive ketones (excluding diaryl/α,β-unsaturated/α-hetero) is 1. The lowest BCUT2D eigenvalue weighted by Crippen LogP contribution is -2.26. The second kappa shape index (κ2) is 6.83. The molecule has 1 amide bonds. The van der Waals surface area contributed by atoms with Crippen molar-refractivity contribution in [1.29, 1.82) is 0 Å². The lowest BCUT2D eigenvalue weighted by molar-refractivity contribution is -0.124. The fourth-order valence-electron chi connectivity index (χ4n) is 1.44. The first-order chi connectivity index (χ1) is 8.49. The van der Waals surface area contributed by atoms with Crippen molar-refractivity contribution >= 4 is 11.7 Å². The van der Waals surface area contributed by atoms with Crippen LogP contribution in [0.4, 0.5) is 8.78 Å². The van der Waals surface area contributed by atoms with Crippen molar-refractivity contribution in [3.8, 4) is 0 Å². The summed E-state index contributed by atoms with van der Waals surface area (Å²) in [5.74, 6) is -1.53. The van der Waals surface area contributed by atoms with Gasteiger partial charge < -0.3 is 10.1 Å². The van der Waals surface area contributed by atoms with Crippen molar-refractivity contribution in [1.82, 2.24) is 5.32 Å². The van der Waals surface area contributed by atoms with Crippen LogP contribution in [0.3, 0.4) is 0 Å². The minimum absolute atomic E-state index is 0.0465. The van der Waals surface area contributed by atoms with Gasteiger partial charge in [0.2, 0.25) is 5.91 Å². The highest BCUT2D eigenvalue weighted by atomic mass is 19.1. The van der Waals surface area contributed by atoms with Crippen LogP contribution in [0.5, 0.6) is 0 Å². The first-order valence-electron chi connectivity index (χ1n) is 5.69. The first-order valence-corrected chi connectivity index (χ1v) is 5.69. The summed E-state index contributed by atoms with van der Waals surface area (Å²) in [5, 5.41) is 2.58. The van der Waals surface area contributed by atoms with Gasteiger partial charge in [0.25, 0.3) is 0 Å². The highest BCUT2D eigenvalue weighted by Gasteiger charge is 2.06. The van der Waals surface area contributed by atoms with Crippen molar-refractivity contribution in [2.45, 2.75) is 26.2 Å². The predicted molar refractivity (Wildman–Crippen MR) is 63.0 cm³/mol. The molecule has 0 aliphatic carbocycles. The first kappa shape index (κ1) is 14.3. The fourth-order valence-corrected chi connectivity index (χ4v) is 1.44. The molecule has 0 atom stereocenters. The standard InChI is InChI=1S/C13H15F2NO2/c1-9(17)2-5-13(18)16-7-6-10-3-4-11(14)8-12(10)15/h3-4,8H,2,5-7H2,1H3,(H,16,18).